The van der Waals surface area contributed by atoms with Crippen molar-refractivity contribution in [2.75, 3.05) is 13.1 Å². The van der Waals surface area contributed by atoms with Gasteiger partial charge in [-0.05, 0) is 12.8 Å². The summed E-state index contributed by atoms with van der Waals surface area (Å²) in [4.78, 5) is 0. The lowest BCUT2D eigenvalue weighted by Gasteiger charge is -2.38. The summed E-state index contributed by atoms with van der Waals surface area (Å²) in [7, 11) is 0. The van der Waals surface area contributed by atoms with Gasteiger partial charge in [0.05, 0.1) is 12.4 Å². The predicted molar refractivity (Wildman–Crippen MR) is 59.0 cm³/mol. The molecule has 0 aromatic carbocycles. The number of hydrogen-bond donors (Lipinski definition) is 1. The third kappa shape index (κ3) is 2.50. The van der Waals surface area contributed by atoms with E-state index in [2.05, 4.69) is 31.2 Å². The molecule has 0 unspecified atom stereocenters. The Bertz CT molecular complexity index is 328. The molecule has 1 saturated heterocycles. The van der Waals surface area contributed by atoms with Crippen LogP contribution in [0.4, 0.5) is 0 Å². The van der Waals surface area contributed by atoms with Gasteiger partial charge in [0.25, 0.3) is 0 Å². The van der Waals surface area contributed by atoms with Crippen LogP contribution in [-0.2, 0) is 6.54 Å². The highest BCUT2D eigenvalue weighted by molar-refractivity contribution is 5.15. The molecule has 1 aliphatic heterocycles. The average molecular weight is 209 g/mol. The van der Waals surface area contributed by atoms with Crippen LogP contribution >= 0.6 is 0 Å². The van der Waals surface area contributed by atoms with Crippen molar-refractivity contribution in [2.45, 2.75) is 32.9 Å². The van der Waals surface area contributed by atoms with E-state index in [0.717, 1.165) is 25.4 Å². The molecule has 1 fully saturated rings. The minimum atomic E-state index is -0.0360. The maximum Gasteiger partial charge on any atom is 0.158 e. The number of ether oxygens (including phenoxy) is 1. The lowest BCUT2D eigenvalue weighted by Crippen LogP contribution is -2.60. The minimum absolute atomic E-state index is 0.0360. The van der Waals surface area contributed by atoms with Crippen LogP contribution in [0.2, 0.25) is 0 Å². The van der Waals surface area contributed by atoms with Gasteiger partial charge in [0, 0.05) is 19.6 Å². The van der Waals surface area contributed by atoms with E-state index in [4.69, 9.17) is 4.74 Å². The van der Waals surface area contributed by atoms with Crippen molar-refractivity contribution in [1.29, 1.82) is 0 Å². The van der Waals surface area contributed by atoms with Gasteiger partial charge in [-0.3, -0.25) is 4.68 Å². The molecule has 1 aromatic heterocycles. The third-order valence-corrected chi connectivity index (χ3v) is 2.52. The fourth-order valence-corrected chi connectivity index (χ4v) is 1.71. The van der Waals surface area contributed by atoms with E-state index >= 15 is 0 Å². The fraction of sp³-hybridized carbons (Fsp3) is 0.727. The second kappa shape index (κ2) is 3.85. The molecule has 0 radical (unpaired) electrons. The van der Waals surface area contributed by atoms with Crippen molar-refractivity contribution in [2.24, 2.45) is 5.92 Å². The lowest BCUT2D eigenvalue weighted by atomic mass is 10.0. The van der Waals surface area contributed by atoms with Crippen LogP contribution in [-0.4, -0.2) is 28.5 Å². The maximum atomic E-state index is 5.85. The molecule has 1 aromatic rings. The van der Waals surface area contributed by atoms with E-state index in [-0.39, 0.29) is 5.60 Å². The van der Waals surface area contributed by atoms with Crippen molar-refractivity contribution < 1.29 is 4.74 Å². The first-order chi connectivity index (χ1) is 7.07. The van der Waals surface area contributed by atoms with E-state index in [1.54, 1.807) is 6.20 Å². The first-order valence-corrected chi connectivity index (χ1v) is 5.50. The topological polar surface area (TPSA) is 39.1 Å². The Morgan fingerprint density at radius 1 is 1.60 bits per heavy atom. The van der Waals surface area contributed by atoms with Crippen molar-refractivity contribution >= 4 is 0 Å². The first-order valence-electron chi connectivity index (χ1n) is 5.50. The van der Waals surface area contributed by atoms with Crippen LogP contribution in [0.25, 0.3) is 0 Å². The summed E-state index contributed by atoms with van der Waals surface area (Å²) in [6, 6.07) is 0. The van der Waals surface area contributed by atoms with E-state index in [9.17, 15) is 0 Å². The Kier molecular flexibility index (Phi) is 2.69. The van der Waals surface area contributed by atoms with Crippen LogP contribution < -0.4 is 10.1 Å². The number of nitrogens with one attached hydrogen (secondary N) is 1. The molecule has 4 nitrogen and oxygen atoms in total. The third-order valence-electron chi connectivity index (χ3n) is 2.52. The smallest absolute Gasteiger partial charge is 0.158 e. The molecule has 2 rings (SSSR count). The number of hydrogen-bond acceptors (Lipinski definition) is 3. The molecule has 84 valence electrons. The summed E-state index contributed by atoms with van der Waals surface area (Å²) in [5.41, 5.74) is -0.0360. The van der Waals surface area contributed by atoms with Crippen LogP contribution in [0.1, 0.15) is 20.8 Å². The molecule has 0 amide bonds. The van der Waals surface area contributed by atoms with Crippen molar-refractivity contribution in [1.82, 2.24) is 15.1 Å². The van der Waals surface area contributed by atoms with E-state index in [1.807, 2.05) is 10.9 Å². The van der Waals surface area contributed by atoms with Gasteiger partial charge in [0.2, 0.25) is 0 Å². The second-order valence-electron chi connectivity index (χ2n) is 4.95. The van der Waals surface area contributed by atoms with Gasteiger partial charge >= 0.3 is 0 Å². The maximum absolute atomic E-state index is 5.85. The number of nitrogens with zero attached hydrogens (tertiary/aromatic N) is 2. The Balaban J connectivity index is 1.95. The lowest BCUT2D eigenvalue weighted by molar-refractivity contribution is 0.0348. The highest BCUT2D eigenvalue weighted by Crippen LogP contribution is 2.21. The highest BCUT2D eigenvalue weighted by atomic mass is 16.5. The zero-order valence-electron chi connectivity index (χ0n) is 9.66. The van der Waals surface area contributed by atoms with Crippen LogP contribution in [0.5, 0.6) is 5.75 Å². The fourth-order valence-electron chi connectivity index (χ4n) is 1.71. The van der Waals surface area contributed by atoms with Gasteiger partial charge in [-0.2, -0.15) is 5.10 Å². The molecule has 1 aliphatic rings. The quantitative estimate of drug-likeness (QED) is 0.812. The Hall–Kier alpha value is -1.03. The SMILES string of the molecule is CC(C)Cn1cc(OC2(C)CNC2)cn1. The molecule has 1 N–H and O–H groups in total. The van der Waals surface area contributed by atoms with Crippen LogP contribution in [0.3, 0.4) is 0 Å². The normalized spacial score (nSPS) is 18.9. The van der Waals surface area contributed by atoms with Gasteiger partial charge in [-0.15, -0.1) is 0 Å². The minimum Gasteiger partial charge on any atom is -0.482 e. The number of aromatic nitrogens is 2. The summed E-state index contributed by atoms with van der Waals surface area (Å²) < 4.78 is 7.79. The first kappa shape index (κ1) is 10.5. The molecule has 0 aliphatic carbocycles. The largest absolute Gasteiger partial charge is 0.482 e. The molecular weight excluding hydrogens is 190 g/mol. The summed E-state index contributed by atoms with van der Waals surface area (Å²) in [5.74, 6) is 1.48. The summed E-state index contributed by atoms with van der Waals surface area (Å²) in [6.07, 6.45) is 3.77. The standard InChI is InChI=1S/C11H19N3O/c1-9(2)5-14-6-10(4-13-14)15-11(3)7-12-8-11/h4,6,9,12H,5,7-8H2,1-3H3. The Labute approximate surface area is 90.6 Å². The van der Waals surface area contributed by atoms with Gasteiger partial charge in [-0.1, -0.05) is 13.8 Å². The summed E-state index contributed by atoms with van der Waals surface area (Å²) in [5, 5.41) is 7.48. The van der Waals surface area contributed by atoms with E-state index in [0.29, 0.717) is 5.92 Å². The zero-order chi connectivity index (χ0) is 10.9. The van der Waals surface area contributed by atoms with E-state index in [1.165, 1.54) is 0 Å². The van der Waals surface area contributed by atoms with Crippen LogP contribution in [0, 0.1) is 5.92 Å². The molecule has 2 heterocycles. The second-order valence-corrected chi connectivity index (χ2v) is 4.95. The van der Waals surface area contributed by atoms with Gasteiger partial charge < -0.3 is 10.1 Å². The average Bonchev–Trinajstić information content (AvgIpc) is 2.48. The predicted octanol–water partition coefficient (Wildman–Crippen LogP) is 1.28. The molecule has 0 spiro atoms. The Morgan fingerprint density at radius 2 is 2.33 bits per heavy atom. The molecular formula is C11H19N3O. The highest BCUT2D eigenvalue weighted by Gasteiger charge is 2.34. The summed E-state index contributed by atoms with van der Waals surface area (Å²) >= 11 is 0. The van der Waals surface area contributed by atoms with Gasteiger partial charge in [0.15, 0.2) is 5.75 Å². The van der Waals surface area contributed by atoms with Crippen molar-refractivity contribution in [3.8, 4) is 5.75 Å². The molecule has 15 heavy (non-hydrogen) atoms. The monoisotopic (exact) mass is 209 g/mol. The summed E-state index contributed by atoms with van der Waals surface area (Å²) in [6.45, 7) is 9.26. The molecule has 4 heteroatoms. The molecule has 0 bridgehead atoms. The number of rotatable bonds is 4. The van der Waals surface area contributed by atoms with Crippen LogP contribution in [0.15, 0.2) is 12.4 Å². The molecule has 0 atom stereocenters. The molecule has 0 saturated carbocycles. The van der Waals surface area contributed by atoms with Gasteiger partial charge in [0.1, 0.15) is 5.60 Å². The van der Waals surface area contributed by atoms with E-state index < -0.39 is 0 Å². The Morgan fingerprint density at radius 3 is 2.87 bits per heavy atom. The zero-order valence-corrected chi connectivity index (χ0v) is 9.66. The van der Waals surface area contributed by atoms with Gasteiger partial charge in [-0.25, -0.2) is 0 Å². The van der Waals surface area contributed by atoms with Crippen molar-refractivity contribution in [3.05, 3.63) is 12.4 Å². The van der Waals surface area contributed by atoms with Crippen molar-refractivity contribution in [3.63, 3.8) is 0 Å².